The predicted molar refractivity (Wildman–Crippen MR) is 67.8 cm³/mol. The topological polar surface area (TPSA) is 65.5 Å². The highest BCUT2D eigenvalue weighted by atomic mass is 16.5. The monoisotopic (exact) mass is 245 g/mol. The lowest BCUT2D eigenvalue weighted by molar-refractivity contribution is -0.142. The number of benzene rings is 1. The molecular weight excluding hydrogens is 230 g/mol. The Balaban J connectivity index is 2.06. The van der Waals surface area contributed by atoms with Gasteiger partial charge in [-0.25, -0.2) is 0 Å². The summed E-state index contributed by atoms with van der Waals surface area (Å²) in [5, 5.41) is 0. The van der Waals surface area contributed by atoms with E-state index in [0.717, 1.165) is 16.9 Å². The molecule has 94 valence electrons. The summed E-state index contributed by atoms with van der Waals surface area (Å²) in [6, 6.07) is 10.9. The van der Waals surface area contributed by atoms with Gasteiger partial charge in [0, 0.05) is 5.56 Å². The molecule has 4 heteroatoms. The predicted octanol–water partition coefficient (Wildman–Crippen LogP) is 1.99. The number of furan rings is 1. The first kappa shape index (κ1) is 12.4. The standard InChI is InChI=1S/C14H15NO3/c1-17-14(16)12(15)9-10-4-6-11(7-5-10)13-3-2-8-18-13/h2-8,12H,9,15H2,1H3/t12-/m0/s1. The van der Waals surface area contributed by atoms with Gasteiger partial charge in [-0.1, -0.05) is 24.3 Å². The van der Waals surface area contributed by atoms with Crippen molar-refractivity contribution in [3.05, 3.63) is 48.2 Å². The Morgan fingerprint density at radius 1 is 1.33 bits per heavy atom. The van der Waals surface area contributed by atoms with E-state index in [1.807, 2.05) is 36.4 Å². The Labute approximate surface area is 105 Å². The van der Waals surface area contributed by atoms with Gasteiger partial charge in [-0.05, 0) is 24.1 Å². The van der Waals surface area contributed by atoms with Crippen molar-refractivity contribution in [1.29, 1.82) is 0 Å². The number of esters is 1. The van der Waals surface area contributed by atoms with Gasteiger partial charge in [-0.2, -0.15) is 0 Å². The fourth-order valence-corrected chi connectivity index (χ4v) is 1.74. The molecule has 1 atom stereocenters. The molecule has 1 heterocycles. The van der Waals surface area contributed by atoms with Gasteiger partial charge in [0.25, 0.3) is 0 Å². The van der Waals surface area contributed by atoms with E-state index < -0.39 is 12.0 Å². The summed E-state index contributed by atoms with van der Waals surface area (Å²) >= 11 is 0. The molecule has 1 aromatic carbocycles. The van der Waals surface area contributed by atoms with Crippen molar-refractivity contribution in [3.8, 4) is 11.3 Å². The molecule has 0 aliphatic heterocycles. The Hall–Kier alpha value is -2.07. The van der Waals surface area contributed by atoms with Crippen LogP contribution in [0, 0.1) is 0 Å². The van der Waals surface area contributed by atoms with Crippen molar-refractivity contribution in [2.75, 3.05) is 7.11 Å². The number of methoxy groups -OCH3 is 1. The molecule has 2 aromatic rings. The average molecular weight is 245 g/mol. The molecule has 0 saturated heterocycles. The van der Waals surface area contributed by atoms with Crippen molar-refractivity contribution >= 4 is 5.97 Å². The number of nitrogens with two attached hydrogens (primary N) is 1. The molecule has 1 aromatic heterocycles. The molecule has 0 radical (unpaired) electrons. The lowest BCUT2D eigenvalue weighted by Crippen LogP contribution is -2.33. The van der Waals surface area contributed by atoms with Crippen LogP contribution in [0.2, 0.25) is 0 Å². The zero-order valence-corrected chi connectivity index (χ0v) is 10.1. The molecule has 2 rings (SSSR count). The molecule has 4 nitrogen and oxygen atoms in total. The molecular formula is C14H15NO3. The van der Waals surface area contributed by atoms with Crippen LogP contribution in [0.25, 0.3) is 11.3 Å². The van der Waals surface area contributed by atoms with Gasteiger partial charge in [-0.15, -0.1) is 0 Å². The molecule has 2 N–H and O–H groups in total. The van der Waals surface area contributed by atoms with E-state index in [4.69, 9.17) is 10.2 Å². The number of hydrogen-bond donors (Lipinski definition) is 1. The van der Waals surface area contributed by atoms with E-state index in [2.05, 4.69) is 4.74 Å². The maximum Gasteiger partial charge on any atom is 0.322 e. The van der Waals surface area contributed by atoms with Crippen LogP contribution in [-0.2, 0) is 16.0 Å². The van der Waals surface area contributed by atoms with E-state index in [9.17, 15) is 4.79 Å². The summed E-state index contributed by atoms with van der Waals surface area (Å²) < 4.78 is 9.89. The summed E-state index contributed by atoms with van der Waals surface area (Å²) in [4.78, 5) is 11.2. The molecule has 0 amide bonds. The average Bonchev–Trinajstić information content (AvgIpc) is 2.92. The molecule has 0 spiro atoms. The quantitative estimate of drug-likeness (QED) is 0.836. The third-order valence-electron chi connectivity index (χ3n) is 2.72. The molecule has 0 aliphatic rings. The minimum Gasteiger partial charge on any atom is -0.468 e. The van der Waals surface area contributed by atoms with Crippen LogP contribution in [-0.4, -0.2) is 19.1 Å². The first-order valence-corrected chi connectivity index (χ1v) is 5.67. The fraction of sp³-hybridized carbons (Fsp3) is 0.214. The molecule has 0 unspecified atom stereocenters. The molecule has 0 aliphatic carbocycles. The highest BCUT2D eigenvalue weighted by Crippen LogP contribution is 2.20. The fourth-order valence-electron chi connectivity index (χ4n) is 1.74. The number of carbonyl (C=O) groups excluding carboxylic acids is 1. The van der Waals surface area contributed by atoms with Crippen LogP contribution in [0.3, 0.4) is 0 Å². The normalized spacial score (nSPS) is 12.1. The minimum absolute atomic E-state index is 0.398. The Kier molecular flexibility index (Phi) is 3.79. The van der Waals surface area contributed by atoms with Crippen LogP contribution in [0.1, 0.15) is 5.56 Å². The summed E-state index contributed by atoms with van der Waals surface area (Å²) in [6.45, 7) is 0. The molecule has 0 fully saturated rings. The van der Waals surface area contributed by atoms with Crippen molar-refractivity contribution in [1.82, 2.24) is 0 Å². The first-order chi connectivity index (χ1) is 8.70. The van der Waals surface area contributed by atoms with Gasteiger partial charge in [0.1, 0.15) is 11.8 Å². The summed E-state index contributed by atoms with van der Waals surface area (Å²) in [7, 11) is 1.34. The van der Waals surface area contributed by atoms with Crippen molar-refractivity contribution < 1.29 is 13.9 Å². The SMILES string of the molecule is COC(=O)[C@@H](N)Cc1ccc(-c2ccco2)cc1. The second-order valence-corrected chi connectivity index (χ2v) is 4.01. The maximum atomic E-state index is 11.2. The highest BCUT2D eigenvalue weighted by Gasteiger charge is 2.14. The third kappa shape index (κ3) is 2.78. The highest BCUT2D eigenvalue weighted by molar-refractivity contribution is 5.75. The molecule has 0 bridgehead atoms. The van der Waals surface area contributed by atoms with Gasteiger partial charge in [0.2, 0.25) is 0 Å². The Morgan fingerprint density at radius 2 is 2.06 bits per heavy atom. The number of ether oxygens (including phenoxy) is 1. The zero-order chi connectivity index (χ0) is 13.0. The molecule has 0 saturated carbocycles. The van der Waals surface area contributed by atoms with E-state index in [1.165, 1.54) is 7.11 Å². The number of carbonyl (C=O) groups is 1. The van der Waals surface area contributed by atoms with Gasteiger partial charge in [-0.3, -0.25) is 4.79 Å². The van der Waals surface area contributed by atoms with E-state index in [1.54, 1.807) is 6.26 Å². The third-order valence-corrected chi connectivity index (χ3v) is 2.72. The van der Waals surface area contributed by atoms with Crippen LogP contribution >= 0.6 is 0 Å². The second kappa shape index (κ2) is 5.51. The largest absolute Gasteiger partial charge is 0.468 e. The lowest BCUT2D eigenvalue weighted by Gasteiger charge is -2.09. The van der Waals surface area contributed by atoms with E-state index in [-0.39, 0.29) is 0 Å². The summed E-state index contributed by atoms with van der Waals surface area (Å²) in [5.41, 5.74) is 7.68. The van der Waals surface area contributed by atoms with E-state index >= 15 is 0 Å². The van der Waals surface area contributed by atoms with E-state index in [0.29, 0.717) is 6.42 Å². The van der Waals surface area contributed by atoms with Gasteiger partial charge in [0.05, 0.1) is 13.4 Å². The van der Waals surface area contributed by atoms with Crippen molar-refractivity contribution in [2.45, 2.75) is 12.5 Å². The minimum atomic E-state index is -0.621. The lowest BCUT2D eigenvalue weighted by atomic mass is 10.0. The van der Waals surface area contributed by atoms with Crippen molar-refractivity contribution in [2.24, 2.45) is 5.73 Å². The Morgan fingerprint density at radius 3 is 2.61 bits per heavy atom. The smallest absolute Gasteiger partial charge is 0.322 e. The van der Waals surface area contributed by atoms with Crippen LogP contribution < -0.4 is 5.73 Å². The Bertz CT molecular complexity index is 502. The van der Waals surface area contributed by atoms with Gasteiger partial charge < -0.3 is 14.9 Å². The zero-order valence-electron chi connectivity index (χ0n) is 10.1. The van der Waals surface area contributed by atoms with Crippen LogP contribution in [0.15, 0.2) is 47.1 Å². The van der Waals surface area contributed by atoms with Gasteiger partial charge >= 0.3 is 5.97 Å². The maximum absolute atomic E-state index is 11.2. The van der Waals surface area contributed by atoms with Crippen LogP contribution in [0.4, 0.5) is 0 Å². The van der Waals surface area contributed by atoms with Gasteiger partial charge in [0.15, 0.2) is 0 Å². The van der Waals surface area contributed by atoms with Crippen molar-refractivity contribution in [3.63, 3.8) is 0 Å². The number of rotatable bonds is 4. The van der Waals surface area contributed by atoms with Crippen LogP contribution in [0.5, 0.6) is 0 Å². The number of hydrogen-bond acceptors (Lipinski definition) is 4. The second-order valence-electron chi connectivity index (χ2n) is 4.01. The summed E-state index contributed by atoms with van der Waals surface area (Å²) in [6.07, 6.45) is 2.10. The molecule has 18 heavy (non-hydrogen) atoms. The summed E-state index contributed by atoms with van der Waals surface area (Å²) in [5.74, 6) is 0.420. The first-order valence-electron chi connectivity index (χ1n) is 5.67.